The van der Waals surface area contributed by atoms with Crippen LogP contribution < -0.4 is 14.9 Å². The number of ether oxygens (including phenoxy) is 2. The molecule has 0 amide bonds. The van der Waals surface area contributed by atoms with Crippen LogP contribution in [0.2, 0.25) is 0 Å². The molecule has 1 heterocycles. The summed E-state index contributed by atoms with van der Waals surface area (Å²) in [5, 5.41) is 18.1. The van der Waals surface area contributed by atoms with Crippen LogP contribution >= 0.6 is 15.9 Å². The van der Waals surface area contributed by atoms with Gasteiger partial charge < -0.3 is 19.5 Å². The number of fused-ring (bicyclic) bond motifs is 1. The quantitative estimate of drug-likeness (QED) is 0.691. The average Bonchev–Trinajstić information content (AvgIpc) is 2.16. The van der Waals surface area contributed by atoms with E-state index in [1.165, 1.54) is 0 Å². The van der Waals surface area contributed by atoms with Gasteiger partial charge in [-0.1, -0.05) is 15.9 Å². The highest BCUT2D eigenvalue weighted by atomic mass is 79.9. The number of hydrogen-bond acceptors (Lipinski definition) is 4. The first-order chi connectivity index (χ1) is 6.68. The number of rotatable bonds is 1. The number of halogens is 1. The molecule has 1 aromatic carbocycles. The Hall–Kier alpha value is -0.715. The van der Waals surface area contributed by atoms with E-state index in [0.29, 0.717) is 34.6 Å². The van der Waals surface area contributed by atoms with Crippen LogP contribution in [0.25, 0.3) is 0 Å². The third-order valence-electron chi connectivity index (χ3n) is 1.94. The van der Waals surface area contributed by atoms with Crippen molar-refractivity contribution >= 4 is 28.5 Å². The molecule has 14 heavy (non-hydrogen) atoms. The van der Waals surface area contributed by atoms with Crippen molar-refractivity contribution in [3.8, 4) is 11.5 Å². The molecule has 4 nitrogen and oxygen atoms in total. The molecule has 1 aliphatic heterocycles. The van der Waals surface area contributed by atoms with Crippen molar-refractivity contribution < 1.29 is 19.5 Å². The topological polar surface area (TPSA) is 58.9 Å². The van der Waals surface area contributed by atoms with Gasteiger partial charge in [0.05, 0.1) is 0 Å². The number of benzene rings is 1. The SMILES string of the molecule is OB(O)c1cc2c(cc1Br)OCCO2. The van der Waals surface area contributed by atoms with Crippen LogP contribution in [-0.2, 0) is 0 Å². The molecule has 0 atom stereocenters. The Bertz CT molecular complexity index is 355. The molecule has 0 aromatic heterocycles. The molecule has 0 radical (unpaired) electrons. The highest BCUT2D eigenvalue weighted by Crippen LogP contribution is 2.31. The lowest BCUT2D eigenvalue weighted by atomic mass is 9.80. The molecule has 0 saturated carbocycles. The Kier molecular flexibility index (Phi) is 2.67. The Labute approximate surface area is 89.7 Å². The van der Waals surface area contributed by atoms with Gasteiger partial charge in [-0.05, 0) is 12.1 Å². The molecule has 0 saturated heterocycles. The highest BCUT2D eigenvalue weighted by molar-refractivity contribution is 9.10. The van der Waals surface area contributed by atoms with Gasteiger partial charge in [0.2, 0.25) is 0 Å². The van der Waals surface area contributed by atoms with Crippen LogP contribution in [0.5, 0.6) is 11.5 Å². The second-order valence-electron chi connectivity index (χ2n) is 2.89. The summed E-state index contributed by atoms with van der Waals surface area (Å²) in [6.45, 7) is 0.996. The normalized spacial score (nSPS) is 13.9. The van der Waals surface area contributed by atoms with E-state index in [1.54, 1.807) is 12.1 Å². The third-order valence-corrected chi connectivity index (χ3v) is 2.63. The van der Waals surface area contributed by atoms with Crippen LogP contribution in [0.3, 0.4) is 0 Å². The lowest BCUT2D eigenvalue weighted by molar-refractivity contribution is 0.171. The summed E-state index contributed by atoms with van der Waals surface area (Å²) in [5.41, 5.74) is 0.370. The van der Waals surface area contributed by atoms with E-state index in [0.717, 1.165) is 0 Å². The summed E-state index contributed by atoms with van der Waals surface area (Å²) in [6, 6.07) is 3.23. The van der Waals surface area contributed by atoms with E-state index >= 15 is 0 Å². The van der Waals surface area contributed by atoms with Crippen LogP contribution in [-0.4, -0.2) is 30.4 Å². The first-order valence-corrected chi connectivity index (χ1v) is 4.93. The molecular weight excluding hydrogens is 251 g/mol. The first-order valence-electron chi connectivity index (χ1n) is 4.13. The van der Waals surface area contributed by atoms with Gasteiger partial charge in [-0.2, -0.15) is 0 Å². The molecule has 0 fully saturated rings. The fraction of sp³-hybridized carbons (Fsp3) is 0.250. The van der Waals surface area contributed by atoms with Crippen molar-refractivity contribution in [1.29, 1.82) is 0 Å². The van der Waals surface area contributed by atoms with Crippen molar-refractivity contribution in [2.75, 3.05) is 13.2 Å². The lowest BCUT2D eigenvalue weighted by Crippen LogP contribution is -2.31. The van der Waals surface area contributed by atoms with E-state index in [9.17, 15) is 0 Å². The Morgan fingerprint density at radius 1 is 1.14 bits per heavy atom. The van der Waals surface area contributed by atoms with Crippen molar-refractivity contribution in [3.63, 3.8) is 0 Å². The molecule has 0 bridgehead atoms. The predicted octanol–water partition coefficient (Wildman–Crippen LogP) is -0.0999. The molecule has 1 aliphatic rings. The zero-order valence-corrected chi connectivity index (χ0v) is 8.82. The van der Waals surface area contributed by atoms with E-state index in [4.69, 9.17) is 19.5 Å². The standard InChI is InChI=1S/C8H8BBrO4/c10-6-4-8-7(13-1-2-14-8)3-5(6)9(11)12/h3-4,11-12H,1-2H2. The summed E-state index contributed by atoms with van der Waals surface area (Å²) in [7, 11) is -1.51. The minimum Gasteiger partial charge on any atom is -0.486 e. The van der Waals surface area contributed by atoms with E-state index < -0.39 is 7.12 Å². The largest absolute Gasteiger partial charge is 0.489 e. The highest BCUT2D eigenvalue weighted by Gasteiger charge is 2.20. The molecule has 0 aliphatic carbocycles. The van der Waals surface area contributed by atoms with E-state index in [2.05, 4.69) is 15.9 Å². The second kappa shape index (κ2) is 3.80. The minimum absolute atomic E-state index is 0.370. The van der Waals surface area contributed by atoms with Gasteiger partial charge in [0.15, 0.2) is 11.5 Å². The predicted molar refractivity (Wildman–Crippen MR) is 55.0 cm³/mol. The summed E-state index contributed by atoms with van der Waals surface area (Å²) in [6.07, 6.45) is 0. The molecule has 0 spiro atoms. The van der Waals surface area contributed by atoms with Gasteiger partial charge in [-0.3, -0.25) is 0 Å². The van der Waals surface area contributed by atoms with Crippen molar-refractivity contribution in [1.82, 2.24) is 0 Å². The zero-order chi connectivity index (χ0) is 10.1. The minimum atomic E-state index is -1.51. The van der Waals surface area contributed by atoms with Gasteiger partial charge in [0, 0.05) is 9.94 Å². The van der Waals surface area contributed by atoms with E-state index in [-0.39, 0.29) is 0 Å². The maximum atomic E-state index is 9.04. The fourth-order valence-electron chi connectivity index (χ4n) is 1.28. The van der Waals surface area contributed by atoms with E-state index in [1.807, 2.05) is 0 Å². The molecule has 2 rings (SSSR count). The average molecular weight is 259 g/mol. The number of hydrogen-bond donors (Lipinski definition) is 2. The summed E-state index contributed by atoms with van der Waals surface area (Å²) < 4.78 is 11.2. The van der Waals surface area contributed by atoms with Gasteiger partial charge in [-0.25, -0.2) is 0 Å². The molecular formula is C8H8BBrO4. The van der Waals surface area contributed by atoms with Crippen molar-refractivity contribution in [3.05, 3.63) is 16.6 Å². The monoisotopic (exact) mass is 258 g/mol. The molecule has 74 valence electrons. The molecule has 0 unspecified atom stereocenters. The van der Waals surface area contributed by atoms with Crippen LogP contribution in [0.1, 0.15) is 0 Å². The maximum absolute atomic E-state index is 9.04. The Balaban J connectivity index is 2.45. The van der Waals surface area contributed by atoms with Crippen LogP contribution in [0.4, 0.5) is 0 Å². The van der Waals surface area contributed by atoms with Gasteiger partial charge in [0.1, 0.15) is 13.2 Å². The first kappa shape index (κ1) is 9.83. The van der Waals surface area contributed by atoms with Crippen molar-refractivity contribution in [2.45, 2.75) is 0 Å². The summed E-state index contributed by atoms with van der Waals surface area (Å²) in [5.74, 6) is 1.16. The lowest BCUT2D eigenvalue weighted by Gasteiger charge is -2.19. The maximum Gasteiger partial charge on any atom is 0.489 e. The Morgan fingerprint density at radius 3 is 2.29 bits per heavy atom. The molecule has 6 heteroatoms. The third kappa shape index (κ3) is 1.73. The summed E-state index contributed by atoms with van der Waals surface area (Å²) in [4.78, 5) is 0. The van der Waals surface area contributed by atoms with Gasteiger partial charge >= 0.3 is 7.12 Å². The fourth-order valence-corrected chi connectivity index (χ4v) is 1.80. The van der Waals surface area contributed by atoms with Crippen molar-refractivity contribution in [2.24, 2.45) is 0 Å². The summed E-state index contributed by atoms with van der Waals surface area (Å²) >= 11 is 3.22. The molecule has 2 N–H and O–H groups in total. The smallest absolute Gasteiger partial charge is 0.486 e. The van der Waals surface area contributed by atoms with Gasteiger partial charge in [0.25, 0.3) is 0 Å². The zero-order valence-electron chi connectivity index (χ0n) is 7.24. The van der Waals surface area contributed by atoms with Crippen LogP contribution in [0.15, 0.2) is 16.6 Å². The van der Waals surface area contributed by atoms with Gasteiger partial charge in [-0.15, -0.1) is 0 Å². The second-order valence-corrected chi connectivity index (χ2v) is 3.75. The molecule has 1 aromatic rings. The van der Waals surface area contributed by atoms with Crippen LogP contribution in [0, 0.1) is 0 Å². The Morgan fingerprint density at radius 2 is 1.71 bits per heavy atom.